The Kier molecular flexibility index (Phi) is 9.76. The molecule has 0 bridgehead atoms. The number of ether oxygens (including phenoxy) is 1. The van der Waals surface area contributed by atoms with Crippen molar-refractivity contribution in [3.63, 3.8) is 0 Å². The third kappa shape index (κ3) is 6.45. The number of aryl methyl sites for hydroxylation is 1. The minimum absolute atomic E-state index is 0. The van der Waals surface area contributed by atoms with Gasteiger partial charge in [-0.05, 0) is 87.4 Å². The lowest BCUT2D eigenvalue weighted by Crippen LogP contribution is -2.33. The van der Waals surface area contributed by atoms with Gasteiger partial charge < -0.3 is 14.5 Å². The number of hydrogen-bond acceptors (Lipinski definition) is 4. The van der Waals surface area contributed by atoms with Crippen LogP contribution in [0.1, 0.15) is 73.0 Å². The van der Waals surface area contributed by atoms with Gasteiger partial charge in [0.25, 0.3) is 0 Å². The van der Waals surface area contributed by atoms with Crippen molar-refractivity contribution in [1.82, 2.24) is 4.90 Å². The molecule has 0 aromatic heterocycles. The number of benzene rings is 2. The first-order chi connectivity index (χ1) is 16.5. The Morgan fingerprint density at radius 3 is 2.63 bits per heavy atom. The van der Waals surface area contributed by atoms with Gasteiger partial charge in [0.1, 0.15) is 5.75 Å². The van der Waals surface area contributed by atoms with Gasteiger partial charge in [0.2, 0.25) is 5.91 Å². The second-order valence-electron chi connectivity index (χ2n) is 9.89. The van der Waals surface area contributed by atoms with Crippen molar-refractivity contribution < 1.29 is 14.3 Å². The number of nitrogens with zero attached hydrogens (tertiary/aromatic N) is 2. The van der Waals surface area contributed by atoms with E-state index in [4.69, 9.17) is 4.74 Å². The monoisotopic (exact) mass is 498 g/mol. The number of anilines is 1. The van der Waals surface area contributed by atoms with Gasteiger partial charge in [-0.1, -0.05) is 24.6 Å². The number of rotatable bonds is 12. The standard InChI is InChI=1S/C29H38N2O3.ClH/c1-21(2)30(17-14-22-10-6-7-13-27(22)34-3)15-8-4-5-12-26(32)24-18-23-11-9-16-31-28(33)20-25(19-24)29(23)31;/h6-7,10,13,18-19,21H,4-5,8-9,11-12,14-17,20H2,1-3H3;1H. The molecule has 0 spiro atoms. The molecule has 190 valence electrons. The van der Waals surface area contributed by atoms with Crippen LogP contribution < -0.4 is 9.64 Å². The maximum Gasteiger partial charge on any atom is 0.231 e. The Hall–Kier alpha value is -2.37. The van der Waals surface area contributed by atoms with E-state index in [1.807, 2.05) is 29.2 Å². The van der Waals surface area contributed by atoms with Crippen LogP contribution in [0.2, 0.25) is 0 Å². The average Bonchev–Trinajstić information content (AvgIpc) is 3.17. The van der Waals surface area contributed by atoms with Crippen molar-refractivity contribution >= 4 is 29.8 Å². The first-order valence-corrected chi connectivity index (χ1v) is 12.8. The minimum Gasteiger partial charge on any atom is -0.496 e. The first kappa shape index (κ1) is 27.2. The summed E-state index contributed by atoms with van der Waals surface area (Å²) in [6, 6.07) is 12.8. The highest BCUT2D eigenvalue weighted by molar-refractivity contribution is 6.05. The minimum atomic E-state index is 0. The largest absolute Gasteiger partial charge is 0.496 e. The number of unbranched alkanes of at least 4 members (excludes halogenated alkanes) is 2. The second-order valence-corrected chi connectivity index (χ2v) is 9.89. The fourth-order valence-electron chi connectivity index (χ4n) is 5.36. The van der Waals surface area contributed by atoms with Crippen LogP contribution >= 0.6 is 12.4 Å². The van der Waals surface area contributed by atoms with E-state index in [9.17, 15) is 9.59 Å². The van der Waals surface area contributed by atoms with Gasteiger partial charge in [0.05, 0.1) is 19.2 Å². The molecule has 1 amide bonds. The van der Waals surface area contributed by atoms with Crippen LogP contribution in [0.15, 0.2) is 36.4 Å². The number of hydrogen-bond donors (Lipinski definition) is 0. The lowest BCUT2D eigenvalue weighted by atomic mass is 9.94. The number of carbonyl (C=O) groups is 2. The highest BCUT2D eigenvalue weighted by Gasteiger charge is 2.32. The molecule has 2 aliphatic heterocycles. The van der Waals surface area contributed by atoms with E-state index in [0.717, 1.165) is 80.7 Å². The summed E-state index contributed by atoms with van der Waals surface area (Å²) in [6.45, 7) is 7.36. The van der Waals surface area contributed by atoms with Gasteiger partial charge in [-0.25, -0.2) is 0 Å². The third-order valence-electron chi connectivity index (χ3n) is 7.27. The smallest absolute Gasteiger partial charge is 0.231 e. The molecule has 6 heteroatoms. The molecule has 0 radical (unpaired) electrons. The zero-order chi connectivity index (χ0) is 24.1. The summed E-state index contributed by atoms with van der Waals surface area (Å²) in [5.74, 6) is 1.36. The quantitative estimate of drug-likeness (QED) is 0.280. The van der Waals surface area contributed by atoms with E-state index in [2.05, 4.69) is 30.9 Å². The molecule has 0 unspecified atom stereocenters. The number of halogens is 1. The lowest BCUT2D eigenvalue weighted by molar-refractivity contribution is -0.117. The molecular weight excluding hydrogens is 460 g/mol. The molecule has 4 rings (SSSR count). The summed E-state index contributed by atoms with van der Waals surface area (Å²) in [4.78, 5) is 29.6. The summed E-state index contributed by atoms with van der Waals surface area (Å²) in [7, 11) is 1.73. The van der Waals surface area contributed by atoms with E-state index in [1.54, 1.807) is 7.11 Å². The normalized spacial score (nSPS) is 14.3. The summed E-state index contributed by atoms with van der Waals surface area (Å²) in [6.07, 6.45) is 7.01. The fraction of sp³-hybridized carbons (Fsp3) is 0.517. The molecule has 0 saturated carbocycles. The molecule has 2 aromatic rings. The van der Waals surface area contributed by atoms with E-state index in [1.165, 1.54) is 11.1 Å². The summed E-state index contributed by atoms with van der Waals surface area (Å²) >= 11 is 0. The van der Waals surface area contributed by atoms with Crippen molar-refractivity contribution in [2.24, 2.45) is 0 Å². The van der Waals surface area contributed by atoms with Gasteiger partial charge in [0, 0.05) is 31.1 Å². The van der Waals surface area contributed by atoms with Crippen LogP contribution in [0.3, 0.4) is 0 Å². The van der Waals surface area contributed by atoms with E-state index in [-0.39, 0.29) is 24.1 Å². The van der Waals surface area contributed by atoms with Gasteiger partial charge >= 0.3 is 0 Å². The first-order valence-electron chi connectivity index (χ1n) is 12.8. The Morgan fingerprint density at radius 1 is 1.09 bits per heavy atom. The number of amides is 1. The summed E-state index contributed by atoms with van der Waals surface area (Å²) < 4.78 is 5.49. The lowest BCUT2D eigenvalue weighted by Gasteiger charge is -2.26. The van der Waals surface area contributed by atoms with Crippen molar-refractivity contribution in [3.8, 4) is 5.75 Å². The molecule has 0 atom stereocenters. The fourth-order valence-corrected chi connectivity index (χ4v) is 5.36. The van der Waals surface area contributed by atoms with Crippen LogP contribution in [0.25, 0.3) is 0 Å². The van der Waals surface area contributed by atoms with Crippen molar-refractivity contribution in [3.05, 3.63) is 58.7 Å². The van der Waals surface area contributed by atoms with Crippen LogP contribution in [-0.4, -0.2) is 49.4 Å². The topological polar surface area (TPSA) is 49.9 Å². The maximum atomic E-state index is 12.9. The zero-order valence-electron chi connectivity index (χ0n) is 21.3. The highest BCUT2D eigenvalue weighted by atomic mass is 35.5. The van der Waals surface area contributed by atoms with Gasteiger partial charge in [-0.15, -0.1) is 12.4 Å². The van der Waals surface area contributed by atoms with Crippen LogP contribution in [0.4, 0.5) is 5.69 Å². The SMILES string of the molecule is COc1ccccc1CCN(CCCCCC(=O)c1cc2c3c(c1)CC(=O)N3CCC2)C(C)C.Cl. The van der Waals surface area contributed by atoms with Gasteiger partial charge in [-0.3, -0.25) is 9.59 Å². The summed E-state index contributed by atoms with van der Waals surface area (Å²) in [5.41, 5.74) is 5.37. The van der Waals surface area contributed by atoms with Crippen LogP contribution in [0, 0.1) is 0 Å². The number of para-hydroxylation sites is 1. The summed E-state index contributed by atoms with van der Waals surface area (Å²) in [5, 5.41) is 0. The number of Topliss-reactive ketones (excluding diaryl/α,β-unsaturated/α-hetero) is 1. The third-order valence-corrected chi connectivity index (χ3v) is 7.27. The highest BCUT2D eigenvalue weighted by Crippen LogP contribution is 2.37. The molecule has 2 heterocycles. The van der Waals surface area contributed by atoms with Gasteiger partial charge in [-0.2, -0.15) is 0 Å². The van der Waals surface area contributed by atoms with Crippen molar-refractivity contribution in [2.45, 2.75) is 71.3 Å². The predicted molar refractivity (Wildman–Crippen MR) is 144 cm³/mol. The van der Waals surface area contributed by atoms with Gasteiger partial charge in [0.15, 0.2) is 5.78 Å². The van der Waals surface area contributed by atoms with Crippen molar-refractivity contribution in [1.29, 1.82) is 0 Å². The molecule has 2 aromatic carbocycles. The molecule has 0 aliphatic carbocycles. The molecule has 0 fully saturated rings. The van der Waals surface area contributed by atoms with E-state index < -0.39 is 0 Å². The van der Waals surface area contributed by atoms with Crippen LogP contribution in [0.5, 0.6) is 5.75 Å². The Bertz CT molecular complexity index is 1040. The molecule has 5 nitrogen and oxygen atoms in total. The number of ketones is 1. The molecule has 35 heavy (non-hydrogen) atoms. The Balaban J connectivity index is 0.00000342. The van der Waals surface area contributed by atoms with Crippen LogP contribution in [-0.2, 0) is 24.1 Å². The Labute approximate surface area is 216 Å². The molecular formula is C29H39ClN2O3. The number of carbonyl (C=O) groups excluding carboxylic acids is 2. The second kappa shape index (κ2) is 12.5. The number of methoxy groups -OCH3 is 1. The maximum absolute atomic E-state index is 12.9. The molecule has 2 aliphatic rings. The Morgan fingerprint density at radius 2 is 1.86 bits per heavy atom. The van der Waals surface area contributed by atoms with Crippen molar-refractivity contribution in [2.75, 3.05) is 31.6 Å². The van der Waals surface area contributed by atoms with E-state index >= 15 is 0 Å². The molecule has 0 N–H and O–H groups in total. The zero-order valence-corrected chi connectivity index (χ0v) is 22.2. The predicted octanol–water partition coefficient (Wildman–Crippen LogP) is 5.65. The average molecular weight is 499 g/mol. The molecule has 0 saturated heterocycles. The van der Waals surface area contributed by atoms with E-state index in [0.29, 0.717) is 18.9 Å².